The number of aromatic nitrogens is 1. The van der Waals surface area contributed by atoms with E-state index in [0.717, 1.165) is 23.6 Å². The predicted molar refractivity (Wildman–Crippen MR) is 88.5 cm³/mol. The fourth-order valence-corrected chi connectivity index (χ4v) is 2.41. The number of amides is 1. The summed E-state index contributed by atoms with van der Waals surface area (Å²) in [6, 6.07) is 7.22. The summed E-state index contributed by atoms with van der Waals surface area (Å²) in [5.41, 5.74) is 2.46. The van der Waals surface area contributed by atoms with Crippen molar-refractivity contribution in [2.45, 2.75) is 34.3 Å². The number of hydrogen-bond acceptors (Lipinski definition) is 4. The van der Waals surface area contributed by atoms with Gasteiger partial charge in [-0.1, -0.05) is 19.0 Å². The fraction of sp³-hybridized carbons (Fsp3) is 0.444. The van der Waals surface area contributed by atoms with Gasteiger partial charge in [-0.3, -0.25) is 4.79 Å². The maximum absolute atomic E-state index is 12.3. The molecule has 1 aromatic heterocycles. The first kappa shape index (κ1) is 17.1. The van der Waals surface area contributed by atoms with Crippen molar-refractivity contribution in [1.82, 2.24) is 10.1 Å². The van der Waals surface area contributed by atoms with Crippen molar-refractivity contribution < 1.29 is 14.1 Å². The molecule has 1 aromatic carbocycles. The van der Waals surface area contributed by atoms with Crippen molar-refractivity contribution in [3.63, 3.8) is 0 Å². The molecular weight excluding hydrogens is 292 g/mol. The Labute approximate surface area is 137 Å². The molecule has 0 saturated carbocycles. The average molecular weight is 316 g/mol. The Bertz CT molecular complexity index is 640. The Hall–Kier alpha value is -2.30. The molecule has 0 saturated heterocycles. The van der Waals surface area contributed by atoms with Gasteiger partial charge in [0.1, 0.15) is 18.1 Å². The molecule has 0 spiro atoms. The van der Waals surface area contributed by atoms with Gasteiger partial charge in [0.15, 0.2) is 0 Å². The number of carbonyl (C=O) groups is 1. The maximum atomic E-state index is 12.3. The van der Waals surface area contributed by atoms with Crippen LogP contribution in [0.25, 0.3) is 0 Å². The van der Waals surface area contributed by atoms with Gasteiger partial charge in [0.25, 0.3) is 5.91 Å². The van der Waals surface area contributed by atoms with E-state index in [4.69, 9.17) is 9.26 Å². The lowest BCUT2D eigenvalue weighted by Gasteiger charge is -2.19. The number of aryl methyl sites for hydroxylation is 2. The minimum Gasteiger partial charge on any atom is -0.489 e. The van der Waals surface area contributed by atoms with Crippen LogP contribution in [0, 0.1) is 19.8 Å². The molecule has 5 nitrogen and oxygen atoms in total. The van der Waals surface area contributed by atoms with Crippen LogP contribution in [0.4, 0.5) is 0 Å². The van der Waals surface area contributed by atoms with Gasteiger partial charge in [0, 0.05) is 19.2 Å². The summed E-state index contributed by atoms with van der Waals surface area (Å²) in [6.45, 7) is 9.09. The summed E-state index contributed by atoms with van der Waals surface area (Å²) in [6.07, 6.45) is 0. The van der Waals surface area contributed by atoms with Crippen molar-refractivity contribution in [3.05, 3.63) is 46.8 Å². The minimum atomic E-state index is 0.0240. The third-order valence-electron chi connectivity index (χ3n) is 3.65. The molecule has 0 bridgehead atoms. The molecule has 0 fully saturated rings. The van der Waals surface area contributed by atoms with Gasteiger partial charge in [-0.05, 0) is 44.0 Å². The molecule has 0 aliphatic rings. The van der Waals surface area contributed by atoms with Gasteiger partial charge < -0.3 is 14.2 Å². The van der Waals surface area contributed by atoms with Crippen LogP contribution in [-0.4, -0.2) is 29.6 Å². The Balaban J connectivity index is 1.98. The van der Waals surface area contributed by atoms with Crippen molar-refractivity contribution in [3.8, 4) is 5.75 Å². The van der Waals surface area contributed by atoms with Gasteiger partial charge in [-0.25, -0.2) is 0 Å². The van der Waals surface area contributed by atoms with Gasteiger partial charge in [0.2, 0.25) is 0 Å². The monoisotopic (exact) mass is 316 g/mol. The maximum Gasteiger partial charge on any atom is 0.253 e. The Morgan fingerprint density at radius 1 is 1.26 bits per heavy atom. The molecule has 5 heteroatoms. The van der Waals surface area contributed by atoms with E-state index in [9.17, 15) is 4.79 Å². The molecule has 0 unspecified atom stereocenters. The molecule has 2 aromatic rings. The third kappa shape index (κ3) is 4.34. The van der Waals surface area contributed by atoms with Gasteiger partial charge in [-0.15, -0.1) is 0 Å². The van der Waals surface area contributed by atoms with E-state index in [2.05, 4.69) is 19.0 Å². The Morgan fingerprint density at radius 3 is 2.43 bits per heavy atom. The summed E-state index contributed by atoms with van der Waals surface area (Å²) in [5.74, 6) is 1.95. The largest absolute Gasteiger partial charge is 0.489 e. The van der Waals surface area contributed by atoms with Gasteiger partial charge in [-0.2, -0.15) is 0 Å². The van der Waals surface area contributed by atoms with E-state index in [1.54, 1.807) is 17.0 Å². The first-order valence-electron chi connectivity index (χ1n) is 7.78. The standard InChI is InChI=1S/C18H24N2O3/c1-12(2)10-20(5)18(21)15-6-8-16(9-7-15)22-11-17-13(3)19-23-14(17)4/h6-9,12H,10-11H2,1-5H3. The second kappa shape index (κ2) is 7.31. The summed E-state index contributed by atoms with van der Waals surface area (Å²) in [4.78, 5) is 14.0. The highest BCUT2D eigenvalue weighted by molar-refractivity contribution is 5.94. The molecule has 1 heterocycles. The van der Waals surface area contributed by atoms with Crippen LogP contribution in [0.1, 0.15) is 41.2 Å². The lowest BCUT2D eigenvalue weighted by atomic mass is 10.1. The molecule has 0 N–H and O–H groups in total. The van der Waals surface area contributed by atoms with Crippen LogP contribution in [-0.2, 0) is 6.61 Å². The lowest BCUT2D eigenvalue weighted by molar-refractivity contribution is 0.0779. The zero-order valence-electron chi connectivity index (χ0n) is 14.4. The van der Waals surface area contributed by atoms with Crippen molar-refractivity contribution in [2.75, 3.05) is 13.6 Å². The molecule has 2 rings (SSSR count). The first-order chi connectivity index (χ1) is 10.9. The number of rotatable bonds is 6. The molecule has 124 valence electrons. The van der Waals surface area contributed by atoms with Gasteiger partial charge >= 0.3 is 0 Å². The topological polar surface area (TPSA) is 55.6 Å². The normalized spacial score (nSPS) is 10.9. The Morgan fingerprint density at radius 2 is 1.91 bits per heavy atom. The number of benzene rings is 1. The quantitative estimate of drug-likeness (QED) is 0.817. The number of ether oxygens (including phenoxy) is 1. The lowest BCUT2D eigenvalue weighted by Crippen LogP contribution is -2.30. The smallest absolute Gasteiger partial charge is 0.253 e. The number of nitrogens with zero attached hydrogens (tertiary/aromatic N) is 2. The predicted octanol–water partition coefficient (Wildman–Crippen LogP) is 3.60. The van der Waals surface area contributed by atoms with Crippen LogP contribution in [0.5, 0.6) is 5.75 Å². The highest BCUT2D eigenvalue weighted by atomic mass is 16.5. The van der Waals surface area contributed by atoms with E-state index in [1.807, 2.05) is 33.0 Å². The van der Waals surface area contributed by atoms with Crippen LogP contribution in [0.3, 0.4) is 0 Å². The number of hydrogen-bond donors (Lipinski definition) is 0. The van der Waals surface area contributed by atoms with Crippen LogP contribution < -0.4 is 4.74 Å². The SMILES string of the molecule is Cc1noc(C)c1COc1ccc(C(=O)N(C)CC(C)C)cc1. The average Bonchev–Trinajstić information content (AvgIpc) is 2.83. The van der Waals surface area contributed by atoms with E-state index in [-0.39, 0.29) is 5.91 Å². The number of carbonyl (C=O) groups excluding carboxylic acids is 1. The molecule has 23 heavy (non-hydrogen) atoms. The van der Waals surface area contributed by atoms with Crippen molar-refractivity contribution >= 4 is 5.91 Å². The van der Waals surface area contributed by atoms with Gasteiger partial charge in [0.05, 0.1) is 11.3 Å². The zero-order valence-corrected chi connectivity index (χ0v) is 14.4. The highest BCUT2D eigenvalue weighted by Gasteiger charge is 2.13. The second-order valence-corrected chi connectivity index (χ2v) is 6.20. The van der Waals surface area contributed by atoms with E-state index in [0.29, 0.717) is 23.8 Å². The fourth-order valence-electron chi connectivity index (χ4n) is 2.41. The third-order valence-corrected chi connectivity index (χ3v) is 3.65. The highest BCUT2D eigenvalue weighted by Crippen LogP contribution is 2.18. The molecule has 0 aliphatic carbocycles. The van der Waals surface area contributed by atoms with Crippen LogP contribution in [0.2, 0.25) is 0 Å². The molecule has 0 atom stereocenters. The minimum absolute atomic E-state index is 0.0240. The van der Waals surface area contributed by atoms with E-state index >= 15 is 0 Å². The van der Waals surface area contributed by atoms with Crippen molar-refractivity contribution in [1.29, 1.82) is 0 Å². The first-order valence-corrected chi connectivity index (χ1v) is 7.78. The molecule has 0 aliphatic heterocycles. The van der Waals surface area contributed by atoms with Crippen LogP contribution >= 0.6 is 0 Å². The summed E-state index contributed by atoms with van der Waals surface area (Å²) in [7, 11) is 1.82. The summed E-state index contributed by atoms with van der Waals surface area (Å²) in [5, 5.41) is 3.90. The molecule has 1 amide bonds. The molecule has 0 radical (unpaired) electrons. The van der Waals surface area contributed by atoms with E-state index in [1.165, 1.54) is 0 Å². The zero-order chi connectivity index (χ0) is 17.0. The van der Waals surface area contributed by atoms with Crippen LogP contribution in [0.15, 0.2) is 28.8 Å². The van der Waals surface area contributed by atoms with Crippen molar-refractivity contribution in [2.24, 2.45) is 5.92 Å². The summed E-state index contributed by atoms with van der Waals surface area (Å²) < 4.78 is 10.9. The van der Waals surface area contributed by atoms with E-state index < -0.39 is 0 Å². The Kier molecular flexibility index (Phi) is 5.42. The second-order valence-electron chi connectivity index (χ2n) is 6.20. The summed E-state index contributed by atoms with van der Waals surface area (Å²) >= 11 is 0. The molecular formula is C18H24N2O3.